The Morgan fingerprint density at radius 1 is 0.739 bits per heavy atom. The summed E-state index contributed by atoms with van der Waals surface area (Å²) in [5, 5.41) is 0. The highest BCUT2D eigenvalue weighted by molar-refractivity contribution is 5.00. The Hall–Kier alpha value is -0.300. The number of ether oxygens (including phenoxy) is 1. The lowest BCUT2D eigenvalue weighted by atomic mass is 9.67. The molecule has 0 bridgehead atoms. The van der Waals surface area contributed by atoms with Crippen LogP contribution in [-0.4, -0.2) is 13.2 Å². The molecule has 0 amide bonds. The van der Waals surface area contributed by atoms with Crippen LogP contribution in [0, 0.1) is 29.6 Å². The molecule has 0 spiro atoms. The van der Waals surface area contributed by atoms with Crippen molar-refractivity contribution in [1.82, 2.24) is 0 Å². The predicted octanol–water partition coefficient (Wildman–Crippen LogP) is 6.38. The van der Waals surface area contributed by atoms with Gasteiger partial charge in [-0.05, 0) is 100 Å². The molecule has 3 rings (SSSR count). The van der Waals surface area contributed by atoms with Gasteiger partial charge >= 0.3 is 0 Å². The number of hydrogen-bond donors (Lipinski definition) is 0. The summed E-state index contributed by atoms with van der Waals surface area (Å²) in [6.07, 6.45) is 22.9. The van der Waals surface area contributed by atoms with Crippen LogP contribution < -0.4 is 0 Å². The number of rotatable bonds is 5. The van der Waals surface area contributed by atoms with Gasteiger partial charge in [0.05, 0.1) is 6.10 Å². The van der Waals surface area contributed by atoms with Crippen molar-refractivity contribution >= 4 is 0 Å². The maximum atomic E-state index is 5.54. The van der Waals surface area contributed by atoms with E-state index < -0.39 is 0 Å². The molecule has 0 aromatic heterocycles. The number of allylic oxidation sites excluding steroid dienone is 2. The first-order valence-corrected chi connectivity index (χ1v) is 10.5. The minimum atomic E-state index is 0.561. The summed E-state index contributed by atoms with van der Waals surface area (Å²) >= 11 is 0. The van der Waals surface area contributed by atoms with Gasteiger partial charge in [0.15, 0.2) is 0 Å². The van der Waals surface area contributed by atoms with Gasteiger partial charge in [-0.2, -0.15) is 0 Å². The van der Waals surface area contributed by atoms with Crippen LogP contribution in [0.25, 0.3) is 0 Å². The van der Waals surface area contributed by atoms with E-state index in [1.54, 1.807) is 0 Å². The van der Waals surface area contributed by atoms with Crippen LogP contribution in [-0.2, 0) is 4.74 Å². The van der Waals surface area contributed by atoms with Crippen molar-refractivity contribution in [2.24, 2.45) is 29.6 Å². The van der Waals surface area contributed by atoms with E-state index in [1.807, 2.05) is 7.11 Å². The maximum Gasteiger partial charge on any atom is 0.0571 e. The van der Waals surface area contributed by atoms with E-state index in [0.717, 1.165) is 29.6 Å². The summed E-state index contributed by atoms with van der Waals surface area (Å²) < 4.78 is 5.54. The van der Waals surface area contributed by atoms with Crippen molar-refractivity contribution in [2.45, 2.75) is 90.1 Å². The standard InChI is InChI=1S/C22H38O/c1-3-4-17-5-7-18(8-6-17)19-9-11-20(12-10-19)21-13-15-22(23-2)16-14-21/h5,7,17-22H,3-4,6,8-16H2,1-2H3. The summed E-state index contributed by atoms with van der Waals surface area (Å²) in [7, 11) is 1.89. The van der Waals surface area contributed by atoms with E-state index in [9.17, 15) is 0 Å². The van der Waals surface area contributed by atoms with Gasteiger partial charge < -0.3 is 4.74 Å². The molecule has 1 nitrogen and oxygen atoms in total. The van der Waals surface area contributed by atoms with Crippen molar-refractivity contribution in [3.63, 3.8) is 0 Å². The Bertz CT molecular complexity index is 358. The highest BCUT2D eigenvalue weighted by Gasteiger charge is 2.33. The molecule has 0 aromatic rings. The van der Waals surface area contributed by atoms with Gasteiger partial charge in [-0.15, -0.1) is 0 Å². The van der Waals surface area contributed by atoms with Crippen LogP contribution in [0.1, 0.15) is 84.0 Å². The molecule has 0 heterocycles. The van der Waals surface area contributed by atoms with E-state index in [0.29, 0.717) is 6.10 Å². The van der Waals surface area contributed by atoms with Crippen LogP contribution in [0.2, 0.25) is 0 Å². The molecule has 3 aliphatic rings. The third-order valence-electron chi connectivity index (χ3n) is 7.30. The largest absolute Gasteiger partial charge is 0.381 e. The second-order valence-electron chi connectivity index (χ2n) is 8.62. The first-order valence-electron chi connectivity index (χ1n) is 10.5. The third kappa shape index (κ3) is 4.62. The predicted molar refractivity (Wildman–Crippen MR) is 98.5 cm³/mol. The number of hydrogen-bond acceptors (Lipinski definition) is 1. The Kier molecular flexibility index (Phi) is 6.62. The fourth-order valence-electron chi connectivity index (χ4n) is 5.74. The Morgan fingerprint density at radius 2 is 1.35 bits per heavy atom. The van der Waals surface area contributed by atoms with Gasteiger partial charge in [0.1, 0.15) is 0 Å². The van der Waals surface area contributed by atoms with E-state index in [-0.39, 0.29) is 0 Å². The van der Waals surface area contributed by atoms with Gasteiger partial charge in [0.2, 0.25) is 0 Å². The molecule has 2 fully saturated rings. The summed E-state index contributed by atoms with van der Waals surface area (Å²) in [5.74, 6) is 4.85. The molecule has 0 radical (unpaired) electrons. The molecule has 3 aliphatic carbocycles. The van der Waals surface area contributed by atoms with Crippen LogP contribution in [0.5, 0.6) is 0 Å². The fraction of sp³-hybridized carbons (Fsp3) is 0.909. The zero-order chi connectivity index (χ0) is 16.1. The van der Waals surface area contributed by atoms with E-state index >= 15 is 0 Å². The van der Waals surface area contributed by atoms with Crippen LogP contribution >= 0.6 is 0 Å². The summed E-state index contributed by atoms with van der Waals surface area (Å²) in [6.45, 7) is 2.32. The van der Waals surface area contributed by atoms with Gasteiger partial charge in [0.25, 0.3) is 0 Å². The van der Waals surface area contributed by atoms with Crippen molar-refractivity contribution in [3.8, 4) is 0 Å². The fourth-order valence-corrected chi connectivity index (χ4v) is 5.74. The van der Waals surface area contributed by atoms with Crippen molar-refractivity contribution < 1.29 is 4.74 Å². The Balaban J connectivity index is 1.41. The minimum absolute atomic E-state index is 0.561. The Labute approximate surface area is 144 Å². The average molecular weight is 319 g/mol. The molecular formula is C22H38O. The molecular weight excluding hydrogens is 280 g/mol. The molecule has 0 N–H and O–H groups in total. The SMILES string of the molecule is CCCC1C=CC(C2CCC(C3CCC(OC)CC3)CC2)CC1. The second-order valence-corrected chi connectivity index (χ2v) is 8.62. The van der Waals surface area contributed by atoms with Crippen LogP contribution in [0.3, 0.4) is 0 Å². The molecule has 132 valence electrons. The zero-order valence-corrected chi connectivity index (χ0v) is 15.5. The summed E-state index contributed by atoms with van der Waals surface area (Å²) in [6, 6.07) is 0. The van der Waals surface area contributed by atoms with Gasteiger partial charge in [-0.1, -0.05) is 25.5 Å². The first kappa shape index (κ1) is 17.5. The lowest BCUT2D eigenvalue weighted by Crippen LogP contribution is -2.30. The smallest absolute Gasteiger partial charge is 0.0571 e. The molecule has 0 saturated heterocycles. The highest BCUT2D eigenvalue weighted by Crippen LogP contribution is 2.44. The van der Waals surface area contributed by atoms with E-state index in [1.165, 1.54) is 77.0 Å². The van der Waals surface area contributed by atoms with E-state index in [4.69, 9.17) is 4.74 Å². The molecule has 0 aromatic carbocycles. The summed E-state index contributed by atoms with van der Waals surface area (Å²) in [5.41, 5.74) is 0. The quantitative estimate of drug-likeness (QED) is 0.534. The number of methoxy groups -OCH3 is 1. The average Bonchev–Trinajstić information content (AvgIpc) is 2.63. The molecule has 2 unspecified atom stereocenters. The molecule has 0 aliphatic heterocycles. The lowest BCUT2D eigenvalue weighted by Gasteiger charge is -2.40. The second kappa shape index (κ2) is 8.70. The van der Waals surface area contributed by atoms with Crippen molar-refractivity contribution in [3.05, 3.63) is 12.2 Å². The summed E-state index contributed by atoms with van der Waals surface area (Å²) in [4.78, 5) is 0. The van der Waals surface area contributed by atoms with Crippen LogP contribution in [0.4, 0.5) is 0 Å². The van der Waals surface area contributed by atoms with Crippen LogP contribution in [0.15, 0.2) is 12.2 Å². The molecule has 2 saturated carbocycles. The first-order chi connectivity index (χ1) is 11.3. The van der Waals surface area contributed by atoms with Gasteiger partial charge in [-0.3, -0.25) is 0 Å². The third-order valence-corrected chi connectivity index (χ3v) is 7.30. The van der Waals surface area contributed by atoms with Crippen molar-refractivity contribution in [1.29, 1.82) is 0 Å². The van der Waals surface area contributed by atoms with Gasteiger partial charge in [0, 0.05) is 7.11 Å². The lowest BCUT2D eigenvalue weighted by molar-refractivity contribution is 0.0378. The molecule has 2 atom stereocenters. The highest BCUT2D eigenvalue weighted by atomic mass is 16.5. The van der Waals surface area contributed by atoms with E-state index in [2.05, 4.69) is 19.1 Å². The zero-order valence-electron chi connectivity index (χ0n) is 15.5. The van der Waals surface area contributed by atoms with Gasteiger partial charge in [-0.25, -0.2) is 0 Å². The normalized spacial score (nSPS) is 41.8. The minimum Gasteiger partial charge on any atom is -0.381 e. The molecule has 1 heteroatoms. The van der Waals surface area contributed by atoms with Crippen molar-refractivity contribution in [2.75, 3.05) is 7.11 Å². The topological polar surface area (TPSA) is 9.23 Å². The molecule has 23 heavy (non-hydrogen) atoms. The maximum absolute atomic E-state index is 5.54. The monoisotopic (exact) mass is 318 g/mol. The Morgan fingerprint density at radius 3 is 1.87 bits per heavy atom.